The van der Waals surface area contributed by atoms with Crippen LogP contribution in [0.25, 0.3) is 11.6 Å². The molecule has 0 N–H and O–H groups in total. The minimum absolute atomic E-state index is 0.526. The van der Waals surface area contributed by atoms with E-state index in [1.807, 2.05) is 74.5 Å². The lowest BCUT2D eigenvalue weighted by Gasteiger charge is -1.96. The molecule has 122 valence electrons. The van der Waals surface area contributed by atoms with Crippen molar-refractivity contribution in [3.8, 4) is 6.07 Å². The number of benzene rings is 2. The van der Waals surface area contributed by atoms with Crippen molar-refractivity contribution in [3.05, 3.63) is 76.4 Å². The lowest BCUT2D eigenvalue weighted by atomic mass is 10.1. The minimum Gasteiger partial charge on any atom is -0.238 e. The summed E-state index contributed by atoms with van der Waals surface area (Å²) >= 11 is 1.37. The van der Waals surface area contributed by atoms with Gasteiger partial charge in [-0.25, -0.2) is 4.98 Å². The molecule has 0 aliphatic rings. The summed E-state index contributed by atoms with van der Waals surface area (Å²) in [5, 5.41) is 19.4. The van der Waals surface area contributed by atoms with Gasteiger partial charge in [0.25, 0.3) is 0 Å². The summed E-state index contributed by atoms with van der Waals surface area (Å²) in [4.78, 5) is 4.48. The molecule has 0 aliphatic carbocycles. The molecule has 0 amide bonds. The van der Waals surface area contributed by atoms with Gasteiger partial charge in [0, 0.05) is 0 Å². The van der Waals surface area contributed by atoms with Crippen molar-refractivity contribution in [1.29, 1.82) is 5.26 Å². The number of nitrogens with zero attached hydrogens (tertiary/aromatic N) is 4. The molecule has 0 bridgehead atoms. The van der Waals surface area contributed by atoms with Gasteiger partial charge in [0.05, 0.1) is 17.0 Å². The Bertz CT molecular complexity index is 961. The molecule has 3 rings (SSSR count). The maximum Gasteiger partial charge on any atom is 0.162 e. The topological polar surface area (TPSA) is 61.4 Å². The van der Waals surface area contributed by atoms with Crippen LogP contribution in [0, 0.1) is 25.2 Å². The molecule has 0 aliphatic heterocycles. The molecular weight excluding hydrogens is 328 g/mol. The van der Waals surface area contributed by atoms with E-state index in [1.54, 1.807) is 0 Å². The third-order valence-electron chi connectivity index (χ3n) is 3.52. The highest BCUT2D eigenvalue weighted by atomic mass is 32.1. The van der Waals surface area contributed by atoms with Crippen molar-refractivity contribution >= 4 is 33.7 Å². The van der Waals surface area contributed by atoms with Crippen molar-refractivity contribution in [2.24, 2.45) is 10.2 Å². The van der Waals surface area contributed by atoms with Crippen LogP contribution < -0.4 is 0 Å². The monoisotopic (exact) mass is 344 g/mol. The van der Waals surface area contributed by atoms with E-state index in [0.717, 1.165) is 16.9 Å². The Morgan fingerprint density at radius 3 is 2.44 bits per heavy atom. The van der Waals surface area contributed by atoms with E-state index in [2.05, 4.69) is 21.3 Å². The summed E-state index contributed by atoms with van der Waals surface area (Å²) in [6.07, 6.45) is 1.84. The summed E-state index contributed by atoms with van der Waals surface area (Å²) in [6.45, 7) is 3.91. The van der Waals surface area contributed by atoms with Gasteiger partial charge in [-0.3, -0.25) is 0 Å². The van der Waals surface area contributed by atoms with Crippen LogP contribution in [-0.4, -0.2) is 4.98 Å². The minimum atomic E-state index is 0.526. The van der Waals surface area contributed by atoms with Gasteiger partial charge >= 0.3 is 0 Å². The van der Waals surface area contributed by atoms with Gasteiger partial charge in [-0.1, -0.05) is 59.4 Å². The number of azo groups is 1. The lowest BCUT2D eigenvalue weighted by Crippen LogP contribution is -1.82. The molecule has 0 atom stereocenters. The largest absolute Gasteiger partial charge is 0.238 e. The van der Waals surface area contributed by atoms with E-state index in [0.29, 0.717) is 15.6 Å². The highest BCUT2D eigenvalue weighted by Gasteiger charge is 2.11. The molecule has 0 unspecified atom stereocenters. The van der Waals surface area contributed by atoms with Gasteiger partial charge in [-0.2, -0.15) is 5.26 Å². The van der Waals surface area contributed by atoms with Crippen LogP contribution >= 0.6 is 11.3 Å². The lowest BCUT2D eigenvalue weighted by molar-refractivity contribution is 1.18. The van der Waals surface area contributed by atoms with E-state index < -0.39 is 0 Å². The van der Waals surface area contributed by atoms with Gasteiger partial charge < -0.3 is 0 Å². The summed E-state index contributed by atoms with van der Waals surface area (Å²) in [5.41, 5.74) is 4.24. The van der Waals surface area contributed by atoms with Crippen molar-refractivity contribution in [2.45, 2.75) is 13.8 Å². The zero-order valence-electron chi connectivity index (χ0n) is 14.0. The molecule has 2 aromatic carbocycles. The molecule has 25 heavy (non-hydrogen) atoms. The Morgan fingerprint density at radius 2 is 1.76 bits per heavy atom. The SMILES string of the molecule is Cc1ccc(C=C(C#N)c2nc(C)c(N=Nc3ccccc3)s2)cc1. The van der Waals surface area contributed by atoms with Crippen molar-refractivity contribution in [1.82, 2.24) is 4.98 Å². The number of thiazole rings is 1. The quantitative estimate of drug-likeness (QED) is 0.415. The fourth-order valence-electron chi connectivity index (χ4n) is 2.17. The second-order valence-corrected chi connectivity index (χ2v) is 6.50. The maximum absolute atomic E-state index is 9.50. The molecular formula is C20H16N4S. The third-order valence-corrected chi connectivity index (χ3v) is 4.60. The van der Waals surface area contributed by atoms with Crippen LogP contribution in [0.4, 0.5) is 10.7 Å². The first-order chi connectivity index (χ1) is 12.2. The second kappa shape index (κ2) is 7.65. The Hall–Kier alpha value is -3.10. The van der Waals surface area contributed by atoms with E-state index in [-0.39, 0.29) is 0 Å². The molecule has 1 aromatic heterocycles. The molecule has 0 radical (unpaired) electrons. The summed E-state index contributed by atoms with van der Waals surface area (Å²) < 4.78 is 0. The normalized spacial score (nSPS) is 11.6. The van der Waals surface area contributed by atoms with Crippen molar-refractivity contribution < 1.29 is 0 Å². The van der Waals surface area contributed by atoms with Gasteiger partial charge in [0.15, 0.2) is 5.00 Å². The fourth-order valence-corrected chi connectivity index (χ4v) is 3.02. The number of aryl methyl sites for hydroxylation is 2. The molecule has 1 heterocycles. The van der Waals surface area contributed by atoms with Crippen LogP contribution in [0.5, 0.6) is 0 Å². The average molecular weight is 344 g/mol. The van der Waals surface area contributed by atoms with Gasteiger partial charge in [0.1, 0.15) is 11.1 Å². The number of hydrogen-bond acceptors (Lipinski definition) is 5. The average Bonchev–Trinajstić information content (AvgIpc) is 3.01. The van der Waals surface area contributed by atoms with Crippen molar-refractivity contribution in [3.63, 3.8) is 0 Å². The zero-order chi connectivity index (χ0) is 17.6. The highest BCUT2D eigenvalue weighted by Crippen LogP contribution is 2.33. The van der Waals surface area contributed by atoms with E-state index in [9.17, 15) is 5.26 Å². The standard InChI is InChI=1S/C20H16N4S/c1-14-8-10-16(11-9-14)12-17(13-21)20-22-15(2)19(25-20)24-23-18-6-4-3-5-7-18/h3-12H,1-2H3. The van der Waals surface area contributed by atoms with Gasteiger partial charge in [0.2, 0.25) is 0 Å². The Labute approximate surface area is 150 Å². The van der Waals surface area contributed by atoms with Crippen LogP contribution in [-0.2, 0) is 0 Å². The molecule has 0 saturated carbocycles. The molecule has 0 spiro atoms. The maximum atomic E-state index is 9.50. The zero-order valence-corrected chi connectivity index (χ0v) is 14.8. The number of nitriles is 1. The first-order valence-corrected chi connectivity index (χ1v) is 8.60. The number of hydrogen-bond donors (Lipinski definition) is 0. The molecule has 0 saturated heterocycles. The Kier molecular flexibility index (Phi) is 5.12. The van der Waals surface area contributed by atoms with Crippen LogP contribution in [0.15, 0.2) is 64.8 Å². The first kappa shape index (κ1) is 16.7. The third kappa shape index (κ3) is 4.25. The molecule has 5 heteroatoms. The van der Waals surface area contributed by atoms with Gasteiger partial charge in [-0.05, 0) is 37.6 Å². The van der Waals surface area contributed by atoms with E-state index in [4.69, 9.17) is 0 Å². The smallest absolute Gasteiger partial charge is 0.162 e. The van der Waals surface area contributed by atoms with E-state index in [1.165, 1.54) is 16.9 Å². The predicted molar refractivity (Wildman–Crippen MR) is 102 cm³/mol. The van der Waals surface area contributed by atoms with Crippen LogP contribution in [0.1, 0.15) is 21.8 Å². The second-order valence-electron chi connectivity index (χ2n) is 5.53. The summed E-state index contributed by atoms with van der Waals surface area (Å²) in [6, 6.07) is 19.8. The Morgan fingerprint density at radius 1 is 1.04 bits per heavy atom. The molecule has 4 nitrogen and oxygen atoms in total. The first-order valence-electron chi connectivity index (χ1n) is 7.79. The highest BCUT2D eigenvalue weighted by molar-refractivity contribution is 7.16. The number of allylic oxidation sites excluding steroid dienone is 1. The summed E-state index contributed by atoms with van der Waals surface area (Å²) in [5.74, 6) is 0. The molecule has 3 aromatic rings. The van der Waals surface area contributed by atoms with Crippen LogP contribution in [0.2, 0.25) is 0 Å². The van der Waals surface area contributed by atoms with Crippen LogP contribution in [0.3, 0.4) is 0 Å². The summed E-state index contributed by atoms with van der Waals surface area (Å²) in [7, 11) is 0. The van der Waals surface area contributed by atoms with Gasteiger partial charge in [-0.15, -0.1) is 10.2 Å². The van der Waals surface area contributed by atoms with E-state index >= 15 is 0 Å². The Balaban J connectivity index is 1.88. The molecule has 0 fully saturated rings. The van der Waals surface area contributed by atoms with Crippen molar-refractivity contribution in [2.75, 3.05) is 0 Å². The number of rotatable bonds is 4. The fraction of sp³-hybridized carbons (Fsp3) is 0.100. The predicted octanol–water partition coefficient (Wildman–Crippen LogP) is 6.24. The number of aromatic nitrogens is 1.